The Bertz CT molecular complexity index is 368. The van der Waals surface area contributed by atoms with Gasteiger partial charge in [-0.3, -0.25) is 10.1 Å². The van der Waals surface area contributed by atoms with Gasteiger partial charge in [-0.15, -0.1) is 0 Å². The molecule has 0 saturated heterocycles. The van der Waals surface area contributed by atoms with E-state index in [-0.39, 0.29) is 5.69 Å². The molecular weight excluding hydrogens is 212 g/mol. The maximum atomic E-state index is 10.8. The minimum absolute atomic E-state index is 0.00421. The average Bonchev–Trinajstić information content (AvgIpc) is 2.29. The molecular formula is C10H14N2O4. The summed E-state index contributed by atoms with van der Waals surface area (Å²) < 4.78 is 9.92. The highest BCUT2D eigenvalue weighted by atomic mass is 16.6. The van der Waals surface area contributed by atoms with Crippen molar-refractivity contribution in [3.05, 3.63) is 28.3 Å². The smallest absolute Gasteiger partial charge is 0.296 e. The molecule has 0 aliphatic heterocycles. The van der Waals surface area contributed by atoms with Crippen molar-refractivity contribution >= 4 is 11.4 Å². The van der Waals surface area contributed by atoms with E-state index < -0.39 is 4.92 Å². The predicted molar refractivity (Wildman–Crippen MR) is 60.0 cm³/mol. The summed E-state index contributed by atoms with van der Waals surface area (Å²) in [5.74, 6) is 0.449. The van der Waals surface area contributed by atoms with Gasteiger partial charge < -0.3 is 14.8 Å². The average molecular weight is 226 g/mol. The first-order chi connectivity index (χ1) is 7.70. The summed E-state index contributed by atoms with van der Waals surface area (Å²) in [5, 5.41) is 13.7. The first-order valence-electron chi connectivity index (χ1n) is 4.75. The van der Waals surface area contributed by atoms with Crippen LogP contribution in [0.25, 0.3) is 0 Å². The van der Waals surface area contributed by atoms with Crippen LogP contribution in [0.2, 0.25) is 0 Å². The number of nitrogens with zero attached hydrogens (tertiary/aromatic N) is 1. The van der Waals surface area contributed by atoms with Gasteiger partial charge in [0, 0.05) is 19.7 Å². The maximum absolute atomic E-state index is 10.8. The van der Waals surface area contributed by atoms with E-state index in [9.17, 15) is 10.1 Å². The number of benzene rings is 1. The Labute approximate surface area is 93.3 Å². The highest BCUT2D eigenvalue weighted by molar-refractivity contribution is 5.69. The van der Waals surface area contributed by atoms with Crippen LogP contribution in [0.1, 0.15) is 0 Å². The molecule has 6 heteroatoms. The summed E-state index contributed by atoms with van der Waals surface area (Å²) >= 11 is 0. The van der Waals surface area contributed by atoms with E-state index in [0.29, 0.717) is 24.6 Å². The number of methoxy groups -OCH3 is 2. The van der Waals surface area contributed by atoms with Gasteiger partial charge in [0.25, 0.3) is 5.69 Å². The molecule has 0 spiro atoms. The standard InChI is InChI=1S/C10H14N2O4/c1-15-7-6-11-10-8(12(13)14)4-3-5-9(10)16-2/h3-5,11H,6-7H2,1-2H3. The van der Waals surface area contributed by atoms with Crippen LogP contribution in [0.15, 0.2) is 18.2 Å². The Hall–Kier alpha value is -1.82. The SMILES string of the molecule is COCCNc1c(OC)cccc1[N+](=O)[O-]. The van der Waals surface area contributed by atoms with Crippen LogP contribution in [0.4, 0.5) is 11.4 Å². The number of para-hydroxylation sites is 1. The monoisotopic (exact) mass is 226 g/mol. The molecule has 0 aliphatic rings. The van der Waals surface area contributed by atoms with Gasteiger partial charge in [-0.2, -0.15) is 0 Å². The lowest BCUT2D eigenvalue weighted by molar-refractivity contribution is -0.384. The Morgan fingerprint density at radius 3 is 2.75 bits per heavy atom. The topological polar surface area (TPSA) is 73.6 Å². The fourth-order valence-corrected chi connectivity index (χ4v) is 1.30. The minimum Gasteiger partial charge on any atom is -0.494 e. The molecule has 0 atom stereocenters. The van der Waals surface area contributed by atoms with E-state index in [2.05, 4.69) is 5.32 Å². The van der Waals surface area contributed by atoms with Gasteiger partial charge in [0.1, 0.15) is 5.75 Å². The van der Waals surface area contributed by atoms with E-state index in [1.807, 2.05) is 0 Å². The van der Waals surface area contributed by atoms with Crippen molar-refractivity contribution in [1.82, 2.24) is 0 Å². The summed E-state index contributed by atoms with van der Waals surface area (Å²) in [7, 11) is 3.04. The van der Waals surface area contributed by atoms with Crippen molar-refractivity contribution in [3.8, 4) is 5.75 Å². The van der Waals surface area contributed by atoms with Crippen LogP contribution in [0.5, 0.6) is 5.75 Å². The van der Waals surface area contributed by atoms with Crippen molar-refractivity contribution < 1.29 is 14.4 Å². The fourth-order valence-electron chi connectivity index (χ4n) is 1.30. The second-order valence-corrected chi connectivity index (χ2v) is 3.03. The number of nitrogens with one attached hydrogen (secondary N) is 1. The molecule has 1 N–H and O–H groups in total. The zero-order valence-electron chi connectivity index (χ0n) is 9.23. The van der Waals surface area contributed by atoms with E-state index in [4.69, 9.17) is 9.47 Å². The van der Waals surface area contributed by atoms with Crippen molar-refractivity contribution in [2.45, 2.75) is 0 Å². The lowest BCUT2D eigenvalue weighted by Gasteiger charge is -2.10. The molecule has 1 aromatic rings. The van der Waals surface area contributed by atoms with Crippen LogP contribution in [0, 0.1) is 10.1 Å². The van der Waals surface area contributed by atoms with Crippen LogP contribution in [0.3, 0.4) is 0 Å². The van der Waals surface area contributed by atoms with Gasteiger partial charge in [0.15, 0.2) is 5.69 Å². The quantitative estimate of drug-likeness (QED) is 0.453. The van der Waals surface area contributed by atoms with Gasteiger partial charge >= 0.3 is 0 Å². The van der Waals surface area contributed by atoms with Crippen molar-refractivity contribution in [2.75, 3.05) is 32.7 Å². The zero-order valence-corrected chi connectivity index (χ0v) is 9.23. The highest BCUT2D eigenvalue weighted by Crippen LogP contribution is 2.33. The molecule has 0 unspecified atom stereocenters. The van der Waals surface area contributed by atoms with E-state index >= 15 is 0 Å². The lowest BCUT2D eigenvalue weighted by atomic mass is 10.2. The Morgan fingerprint density at radius 2 is 2.19 bits per heavy atom. The first-order valence-corrected chi connectivity index (χ1v) is 4.75. The number of nitro benzene ring substituents is 1. The van der Waals surface area contributed by atoms with Gasteiger partial charge in [0.2, 0.25) is 0 Å². The molecule has 0 heterocycles. The molecule has 0 aliphatic carbocycles. The largest absolute Gasteiger partial charge is 0.494 e. The number of hydrogen-bond acceptors (Lipinski definition) is 5. The van der Waals surface area contributed by atoms with E-state index in [1.54, 1.807) is 19.2 Å². The second kappa shape index (κ2) is 5.92. The first kappa shape index (κ1) is 12.3. The molecule has 0 radical (unpaired) electrons. The third kappa shape index (κ3) is 2.83. The number of nitro groups is 1. The van der Waals surface area contributed by atoms with Crippen LogP contribution < -0.4 is 10.1 Å². The molecule has 1 aromatic carbocycles. The summed E-state index contributed by atoms with van der Waals surface area (Å²) in [6.07, 6.45) is 0. The van der Waals surface area contributed by atoms with Crippen molar-refractivity contribution in [3.63, 3.8) is 0 Å². The van der Waals surface area contributed by atoms with Crippen LogP contribution in [-0.2, 0) is 4.74 Å². The van der Waals surface area contributed by atoms with E-state index in [1.165, 1.54) is 13.2 Å². The van der Waals surface area contributed by atoms with Gasteiger partial charge in [0.05, 0.1) is 18.6 Å². The zero-order chi connectivity index (χ0) is 12.0. The van der Waals surface area contributed by atoms with Crippen LogP contribution >= 0.6 is 0 Å². The molecule has 0 saturated carbocycles. The Balaban J connectivity index is 2.95. The fraction of sp³-hybridized carbons (Fsp3) is 0.400. The highest BCUT2D eigenvalue weighted by Gasteiger charge is 2.17. The summed E-state index contributed by atoms with van der Waals surface area (Å²) in [5.41, 5.74) is 0.377. The van der Waals surface area contributed by atoms with Gasteiger partial charge in [-0.05, 0) is 6.07 Å². The van der Waals surface area contributed by atoms with Crippen LogP contribution in [-0.4, -0.2) is 32.3 Å². The Kier molecular flexibility index (Phi) is 4.53. The van der Waals surface area contributed by atoms with E-state index in [0.717, 1.165) is 0 Å². The third-order valence-corrected chi connectivity index (χ3v) is 2.03. The molecule has 0 aromatic heterocycles. The molecule has 88 valence electrons. The van der Waals surface area contributed by atoms with Gasteiger partial charge in [-0.1, -0.05) is 6.07 Å². The maximum Gasteiger partial charge on any atom is 0.296 e. The number of anilines is 1. The molecule has 0 bridgehead atoms. The number of hydrogen-bond donors (Lipinski definition) is 1. The normalized spacial score (nSPS) is 9.88. The molecule has 0 amide bonds. The number of rotatable bonds is 6. The minimum atomic E-state index is -0.447. The summed E-state index contributed by atoms with van der Waals surface area (Å²) in [4.78, 5) is 10.4. The molecule has 16 heavy (non-hydrogen) atoms. The summed E-state index contributed by atoms with van der Waals surface area (Å²) in [6, 6.07) is 4.68. The van der Waals surface area contributed by atoms with Gasteiger partial charge in [-0.25, -0.2) is 0 Å². The predicted octanol–water partition coefficient (Wildman–Crippen LogP) is 1.66. The molecule has 1 rings (SSSR count). The molecule has 0 fully saturated rings. The lowest BCUT2D eigenvalue weighted by Crippen LogP contribution is -2.10. The Morgan fingerprint density at radius 1 is 1.44 bits per heavy atom. The van der Waals surface area contributed by atoms with Crippen molar-refractivity contribution in [2.24, 2.45) is 0 Å². The molecule has 6 nitrogen and oxygen atoms in total. The second-order valence-electron chi connectivity index (χ2n) is 3.03. The third-order valence-electron chi connectivity index (χ3n) is 2.03. The number of ether oxygens (including phenoxy) is 2. The summed E-state index contributed by atoms with van der Waals surface area (Å²) in [6.45, 7) is 0.951. The van der Waals surface area contributed by atoms with Crippen molar-refractivity contribution in [1.29, 1.82) is 0 Å².